The molecule has 1 amide bonds. The van der Waals surface area contributed by atoms with Crippen molar-refractivity contribution in [3.8, 4) is 11.8 Å². The number of nitrogens with one attached hydrogen (secondary N) is 1. The van der Waals surface area contributed by atoms with Crippen LogP contribution in [0.2, 0.25) is 0 Å². The molecule has 0 aromatic heterocycles. The van der Waals surface area contributed by atoms with Gasteiger partial charge in [-0.15, -0.1) is 0 Å². The van der Waals surface area contributed by atoms with Crippen molar-refractivity contribution in [1.82, 2.24) is 5.32 Å². The average Bonchev–Trinajstić information content (AvgIpc) is 2.76. The highest BCUT2D eigenvalue weighted by atomic mass is 19.4. The molecule has 0 radical (unpaired) electrons. The first-order valence-electron chi connectivity index (χ1n) is 9.31. The summed E-state index contributed by atoms with van der Waals surface area (Å²) in [6.45, 7) is 2.05. The molecule has 0 unspecified atom stereocenters. The topological polar surface area (TPSA) is 84.7 Å². The highest BCUT2D eigenvalue weighted by Crippen LogP contribution is 2.29. The Bertz CT molecular complexity index is 1040. The van der Waals surface area contributed by atoms with E-state index in [4.69, 9.17) is 4.74 Å². The van der Waals surface area contributed by atoms with E-state index in [2.05, 4.69) is 17.2 Å². The molecular formula is C21H18F3N3O4. The molecule has 31 heavy (non-hydrogen) atoms. The van der Waals surface area contributed by atoms with Gasteiger partial charge in [0, 0.05) is 30.4 Å². The third-order valence-corrected chi connectivity index (χ3v) is 4.56. The lowest BCUT2D eigenvalue weighted by atomic mass is 10.1. The zero-order chi connectivity index (χ0) is 22.4. The first-order valence-corrected chi connectivity index (χ1v) is 9.31. The largest absolute Gasteiger partial charge is 0.416 e. The van der Waals surface area contributed by atoms with Gasteiger partial charge in [-0.3, -0.25) is 14.9 Å². The van der Waals surface area contributed by atoms with Crippen LogP contribution >= 0.6 is 0 Å². The number of benzene rings is 2. The van der Waals surface area contributed by atoms with Crippen molar-refractivity contribution < 1.29 is 27.6 Å². The second-order valence-corrected chi connectivity index (χ2v) is 6.62. The maximum atomic E-state index is 12.7. The Morgan fingerprint density at radius 3 is 2.61 bits per heavy atom. The molecule has 0 atom stereocenters. The highest BCUT2D eigenvalue weighted by Gasteiger charge is 2.30. The third-order valence-electron chi connectivity index (χ3n) is 4.56. The number of amides is 1. The Hall–Kier alpha value is -3.58. The van der Waals surface area contributed by atoms with Crippen LogP contribution in [0.4, 0.5) is 24.5 Å². The van der Waals surface area contributed by atoms with E-state index in [1.165, 1.54) is 24.3 Å². The number of nitro groups is 1. The molecule has 10 heteroatoms. The Labute approximate surface area is 176 Å². The normalized spacial score (nSPS) is 13.8. The van der Waals surface area contributed by atoms with Gasteiger partial charge in [-0.25, -0.2) is 0 Å². The highest BCUT2D eigenvalue weighted by molar-refractivity contribution is 5.99. The molecular weight excluding hydrogens is 415 g/mol. The molecule has 0 bridgehead atoms. The van der Waals surface area contributed by atoms with Crippen molar-refractivity contribution in [3.05, 3.63) is 69.3 Å². The summed E-state index contributed by atoms with van der Waals surface area (Å²) >= 11 is 0. The zero-order valence-electron chi connectivity index (χ0n) is 16.2. The van der Waals surface area contributed by atoms with E-state index >= 15 is 0 Å². The number of nitrogens with zero attached hydrogens (tertiary/aromatic N) is 2. The van der Waals surface area contributed by atoms with Gasteiger partial charge in [-0.1, -0.05) is 17.9 Å². The monoisotopic (exact) mass is 433 g/mol. The van der Waals surface area contributed by atoms with Crippen molar-refractivity contribution in [2.45, 2.75) is 6.18 Å². The SMILES string of the molecule is O=C(NCC#Cc1cccc(C(F)(F)F)c1)c1cc(N2CCOCC2)ccc1[N+](=O)[O-]. The van der Waals surface area contributed by atoms with Gasteiger partial charge in [0.05, 0.1) is 30.2 Å². The molecule has 7 nitrogen and oxygen atoms in total. The number of ether oxygens (including phenoxy) is 1. The smallest absolute Gasteiger partial charge is 0.378 e. The van der Waals surface area contributed by atoms with Crippen molar-refractivity contribution in [2.75, 3.05) is 37.7 Å². The summed E-state index contributed by atoms with van der Waals surface area (Å²) in [5.41, 5.74) is -0.479. The van der Waals surface area contributed by atoms with E-state index in [1.54, 1.807) is 6.07 Å². The molecule has 0 aliphatic carbocycles. The van der Waals surface area contributed by atoms with E-state index in [-0.39, 0.29) is 23.4 Å². The third kappa shape index (κ3) is 5.73. The van der Waals surface area contributed by atoms with E-state index in [0.29, 0.717) is 32.0 Å². The number of anilines is 1. The van der Waals surface area contributed by atoms with Crippen LogP contribution in [0.3, 0.4) is 0 Å². The first kappa shape index (κ1) is 22.1. The lowest BCUT2D eigenvalue weighted by Crippen LogP contribution is -2.36. The van der Waals surface area contributed by atoms with E-state index in [1.807, 2.05) is 4.90 Å². The van der Waals surface area contributed by atoms with E-state index in [0.717, 1.165) is 12.1 Å². The molecule has 1 fully saturated rings. The number of carbonyl (C=O) groups excluding carboxylic acids is 1. The lowest BCUT2D eigenvalue weighted by Gasteiger charge is -2.29. The number of hydrogen-bond donors (Lipinski definition) is 1. The fourth-order valence-electron chi connectivity index (χ4n) is 3.02. The molecule has 162 valence electrons. The lowest BCUT2D eigenvalue weighted by molar-refractivity contribution is -0.385. The van der Waals surface area contributed by atoms with Crippen LogP contribution in [0.15, 0.2) is 42.5 Å². The minimum atomic E-state index is -4.48. The van der Waals surface area contributed by atoms with Crippen molar-refractivity contribution in [3.63, 3.8) is 0 Å². The fourth-order valence-corrected chi connectivity index (χ4v) is 3.02. The van der Waals surface area contributed by atoms with Gasteiger partial charge in [0.25, 0.3) is 11.6 Å². The van der Waals surface area contributed by atoms with Gasteiger partial charge in [0.15, 0.2) is 0 Å². The second kappa shape index (κ2) is 9.49. The quantitative estimate of drug-likeness (QED) is 0.455. The summed E-state index contributed by atoms with van der Waals surface area (Å²) in [6, 6.07) is 8.80. The maximum Gasteiger partial charge on any atom is 0.416 e. The molecule has 1 N–H and O–H groups in total. The molecule has 0 saturated carbocycles. The average molecular weight is 433 g/mol. The van der Waals surface area contributed by atoms with Crippen molar-refractivity contribution >= 4 is 17.3 Å². The number of rotatable bonds is 4. The summed E-state index contributed by atoms with van der Waals surface area (Å²) in [7, 11) is 0. The number of alkyl halides is 3. The molecule has 2 aromatic carbocycles. The molecule has 0 spiro atoms. The van der Waals surface area contributed by atoms with Gasteiger partial charge in [-0.2, -0.15) is 13.2 Å². The Kier molecular flexibility index (Phi) is 6.77. The molecule has 3 rings (SSSR count). The molecule has 1 saturated heterocycles. The van der Waals surface area contributed by atoms with Crippen LogP contribution in [0, 0.1) is 22.0 Å². The van der Waals surface area contributed by atoms with Gasteiger partial charge in [0.2, 0.25) is 0 Å². The Balaban J connectivity index is 1.72. The number of nitro benzene ring substituents is 1. The van der Waals surface area contributed by atoms with Crippen LogP contribution in [0.25, 0.3) is 0 Å². The molecule has 1 heterocycles. The number of carbonyl (C=O) groups is 1. The Morgan fingerprint density at radius 1 is 1.19 bits per heavy atom. The molecule has 1 aliphatic heterocycles. The van der Waals surface area contributed by atoms with Crippen LogP contribution in [0.5, 0.6) is 0 Å². The number of hydrogen-bond acceptors (Lipinski definition) is 5. The fraction of sp³-hybridized carbons (Fsp3) is 0.286. The summed E-state index contributed by atoms with van der Waals surface area (Å²) in [5, 5.41) is 13.8. The summed E-state index contributed by atoms with van der Waals surface area (Å²) in [4.78, 5) is 25.1. The summed E-state index contributed by atoms with van der Waals surface area (Å²) in [5.74, 6) is 4.41. The standard InChI is InChI=1S/C21H18F3N3O4/c22-21(23,24)16-5-1-3-15(13-16)4-2-8-25-20(28)18-14-17(6-7-19(18)27(29)30)26-9-11-31-12-10-26/h1,3,5-7,13-14H,8-12H2,(H,25,28). The maximum absolute atomic E-state index is 12.7. The summed E-state index contributed by atoms with van der Waals surface area (Å²) < 4.78 is 43.5. The minimum absolute atomic E-state index is 0.116. The van der Waals surface area contributed by atoms with Crippen molar-refractivity contribution in [2.24, 2.45) is 0 Å². The summed E-state index contributed by atoms with van der Waals surface area (Å²) in [6.07, 6.45) is -4.48. The van der Waals surface area contributed by atoms with Crippen LogP contribution in [-0.2, 0) is 10.9 Å². The van der Waals surface area contributed by atoms with Gasteiger partial charge in [-0.05, 0) is 30.3 Å². The Morgan fingerprint density at radius 2 is 1.94 bits per heavy atom. The molecule has 2 aromatic rings. The first-order chi connectivity index (χ1) is 14.8. The zero-order valence-corrected chi connectivity index (χ0v) is 16.2. The minimum Gasteiger partial charge on any atom is -0.378 e. The van der Waals surface area contributed by atoms with Crippen LogP contribution in [0.1, 0.15) is 21.5 Å². The van der Waals surface area contributed by atoms with E-state index in [9.17, 15) is 28.1 Å². The van der Waals surface area contributed by atoms with Crippen LogP contribution in [-0.4, -0.2) is 43.7 Å². The predicted octanol–water partition coefficient (Wildman–Crippen LogP) is 3.23. The van der Waals surface area contributed by atoms with Crippen molar-refractivity contribution in [1.29, 1.82) is 0 Å². The van der Waals surface area contributed by atoms with Gasteiger partial charge < -0.3 is 15.0 Å². The number of morpholine rings is 1. The van der Waals surface area contributed by atoms with Crippen LogP contribution < -0.4 is 10.2 Å². The predicted molar refractivity (Wildman–Crippen MR) is 107 cm³/mol. The number of halogens is 3. The van der Waals surface area contributed by atoms with Gasteiger partial charge in [0.1, 0.15) is 5.56 Å². The molecule has 1 aliphatic rings. The van der Waals surface area contributed by atoms with E-state index < -0.39 is 22.6 Å². The van der Waals surface area contributed by atoms with Gasteiger partial charge >= 0.3 is 6.18 Å². The second-order valence-electron chi connectivity index (χ2n) is 6.62.